The van der Waals surface area contributed by atoms with Crippen LogP contribution >= 0.6 is 11.3 Å². The van der Waals surface area contributed by atoms with Gasteiger partial charge in [-0.2, -0.15) is 0 Å². The molecular formula is C20H12FN3O3S. The molecule has 2 aromatic heterocycles. The molecule has 4 aromatic rings. The highest BCUT2D eigenvalue weighted by atomic mass is 32.1. The van der Waals surface area contributed by atoms with Gasteiger partial charge >= 0.3 is 0 Å². The number of aryl methyl sites for hydroxylation is 1. The van der Waals surface area contributed by atoms with Gasteiger partial charge in [0, 0.05) is 0 Å². The van der Waals surface area contributed by atoms with Crippen LogP contribution in [-0.4, -0.2) is 16.1 Å². The lowest BCUT2D eigenvalue weighted by atomic mass is 9.99. The Morgan fingerprint density at radius 2 is 1.89 bits per heavy atom. The Balaban J connectivity index is 1.84. The minimum atomic E-state index is -0.722. The highest BCUT2D eigenvalue weighted by Gasteiger charge is 2.45. The van der Waals surface area contributed by atoms with Gasteiger partial charge in [-0.05, 0) is 30.7 Å². The predicted molar refractivity (Wildman–Crippen MR) is 102 cm³/mol. The fourth-order valence-electron chi connectivity index (χ4n) is 3.48. The maximum absolute atomic E-state index is 13.7. The average molecular weight is 393 g/mol. The molecule has 0 saturated heterocycles. The highest BCUT2D eigenvalue weighted by molar-refractivity contribution is 7.15. The van der Waals surface area contributed by atoms with Crippen molar-refractivity contribution < 1.29 is 13.6 Å². The van der Waals surface area contributed by atoms with Crippen molar-refractivity contribution in [3.8, 4) is 0 Å². The van der Waals surface area contributed by atoms with Crippen LogP contribution in [0.4, 0.5) is 9.52 Å². The van der Waals surface area contributed by atoms with Crippen LogP contribution in [0.25, 0.3) is 11.0 Å². The lowest BCUT2D eigenvalue weighted by Gasteiger charge is -2.21. The van der Waals surface area contributed by atoms with Gasteiger partial charge in [0.1, 0.15) is 16.4 Å². The molecule has 0 bridgehead atoms. The van der Waals surface area contributed by atoms with Gasteiger partial charge in [0.25, 0.3) is 5.91 Å². The van der Waals surface area contributed by atoms with E-state index in [4.69, 9.17) is 4.42 Å². The number of carbonyl (C=O) groups excluding carboxylic acids is 1. The largest absolute Gasteiger partial charge is 0.450 e. The molecule has 1 atom stereocenters. The number of benzene rings is 2. The smallest absolute Gasteiger partial charge is 0.297 e. The van der Waals surface area contributed by atoms with E-state index in [0.29, 0.717) is 10.1 Å². The van der Waals surface area contributed by atoms with Crippen molar-refractivity contribution in [3.63, 3.8) is 0 Å². The molecule has 1 aliphatic heterocycles. The number of nitrogens with zero attached hydrogens (tertiary/aromatic N) is 3. The topological polar surface area (TPSA) is 76.3 Å². The van der Waals surface area contributed by atoms with Crippen molar-refractivity contribution in [1.29, 1.82) is 0 Å². The number of rotatable bonds is 2. The fourth-order valence-corrected chi connectivity index (χ4v) is 4.19. The van der Waals surface area contributed by atoms with Crippen molar-refractivity contribution in [2.24, 2.45) is 0 Å². The Labute approximate surface area is 161 Å². The standard InChI is InChI=1S/C20H12FN3O3S/c1-10-22-23-20(28-10)24-16(11-5-3-2-4-6-11)15-17(25)13-9-12(21)7-8-14(13)27-18(15)19(24)26/h2-9,16H,1H3. The van der Waals surface area contributed by atoms with Crippen molar-refractivity contribution in [2.75, 3.05) is 4.90 Å². The number of carbonyl (C=O) groups is 1. The van der Waals surface area contributed by atoms with E-state index in [-0.39, 0.29) is 22.3 Å². The number of hydrogen-bond donors (Lipinski definition) is 0. The van der Waals surface area contributed by atoms with Crippen molar-refractivity contribution in [3.05, 3.63) is 86.5 Å². The van der Waals surface area contributed by atoms with E-state index in [9.17, 15) is 14.0 Å². The summed E-state index contributed by atoms with van der Waals surface area (Å²) in [6, 6.07) is 12.1. The zero-order valence-corrected chi connectivity index (χ0v) is 15.4. The first kappa shape index (κ1) is 16.8. The lowest BCUT2D eigenvalue weighted by Crippen LogP contribution is -2.29. The van der Waals surface area contributed by atoms with Crippen LogP contribution < -0.4 is 10.3 Å². The molecule has 0 fully saturated rings. The van der Waals surface area contributed by atoms with E-state index < -0.39 is 23.2 Å². The third-order valence-corrected chi connectivity index (χ3v) is 5.51. The summed E-state index contributed by atoms with van der Waals surface area (Å²) in [5, 5.41) is 9.25. The van der Waals surface area contributed by atoms with Gasteiger partial charge in [0.05, 0.1) is 17.0 Å². The number of halogens is 1. The molecule has 3 heterocycles. The van der Waals surface area contributed by atoms with Crippen LogP contribution in [0.1, 0.15) is 32.7 Å². The van der Waals surface area contributed by atoms with Crippen LogP contribution in [-0.2, 0) is 0 Å². The second-order valence-electron chi connectivity index (χ2n) is 6.41. The van der Waals surface area contributed by atoms with E-state index in [2.05, 4.69) is 10.2 Å². The molecule has 138 valence electrons. The minimum Gasteiger partial charge on any atom is -0.450 e. The van der Waals surface area contributed by atoms with Crippen LogP contribution in [0.5, 0.6) is 0 Å². The van der Waals surface area contributed by atoms with Gasteiger partial charge in [0.2, 0.25) is 10.9 Å². The highest BCUT2D eigenvalue weighted by Crippen LogP contribution is 2.41. The molecule has 8 heteroatoms. The Bertz CT molecular complexity index is 1300. The molecular weight excluding hydrogens is 381 g/mol. The molecule has 0 radical (unpaired) electrons. The molecule has 1 unspecified atom stereocenters. The molecule has 6 nitrogen and oxygen atoms in total. The molecule has 0 spiro atoms. The normalized spacial score (nSPS) is 16.0. The third kappa shape index (κ3) is 2.38. The second-order valence-corrected chi connectivity index (χ2v) is 7.57. The van der Waals surface area contributed by atoms with E-state index >= 15 is 0 Å². The zero-order chi connectivity index (χ0) is 19.4. The predicted octanol–water partition coefficient (Wildman–Crippen LogP) is 3.84. The lowest BCUT2D eigenvalue weighted by molar-refractivity contribution is 0.0970. The second kappa shape index (κ2) is 6.07. The van der Waals surface area contributed by atoms with Gasteiger partial charge in [0.15, 0.2) is 5.43 Å². The quantitative estimate of drug-likeness (QED) is 0.517. The Morgan fingerprint density at radius 3 is 2.61 bits per heavy atom. The maximum atomic E-state index is 13.7. The molecule has 5 rings (SSSR count). The number of fused-ring (bicyclic) bond motifs is 2. The Morgan fingerprint density at radius 1 is 1.11 bits per heavy atom. The Hall–Kier alpha value is -3.39. The summed E-state index contributed by atoms with van der Waals surface area (Å²) < 4.78 is 19.5. The van der Waals surface area contributed by atoms with E-state index in [1.54, 1.807) is 6.92 Å². The monoisotopic (exact) mass is 393 g/mol. The molecule has 2 aromatic carbocycles. The number of hydrogen-bond acceptors (Lipinski definition) is 6. The van der Waals surface area contributed by atoms with Crippen LogP contribution in [0.15, 0.2) is 57.7 Å². The van der Waals surface area contributed by atoms with Crippen molar-refractivity contribution in [2.45, 2.75) is 13.0 Å². The summed E-state index contributed by atoms with van der Waals surface area (Å²) in [6.07, 6.45) is 0. The summed E-state index contributed by atoms with van der Waals surface area (Å²) in [4.78, 5) is 27.9. The van der Waals surface area contributed by atoms with Gasteiger partial charge in [-0.25, -0.2) is 4.39 Å². The van der Waals surface area contributed by atoms with Gasteiger partial charge in [-0.15, -0.1) is 10.2 Å². The number of aromatic nitrogens is 2. The SMILES string of the molecule is Cc1nnc(N2C(=O)c3oc4ccc(F)cc4c(=O)c3C2c2ccccc2)s1. The van der Waals surface area contributed by atoms with Gasteiger partial charge < -0.3 is 4.42 Å². The van der Waals surface area contributed by atoms with Gasteiger partial charge in [-0.3, -0.25) is 14.5 Å². The summed E-state index contributed by atoms with van der Waals surface area (Å²) >= 11 is 1.25. The molecule has 0 N–H and O–H groups in total. The average Bonchev–Trinajstić information content (AvgIpc) is 3.24. The number of anilines is 1. The summed E-state index contributed by atoms with van der Waals surface area (Å²) in [5.74, 6) is -1.06. The molecule has 0 saturated carbocycles. The van der Waals surface area contributed by atoms with Crippen LogP contribution in [0.2, 0.25) is 0 Å². The van der Waals surface area contributed by atoms with Crippen molar-refractivity contribution >= 4 is 33.3 Å². The first-order valence-electron chi connectivity index (χ1n) is 8.49. The molecule has 1 aliphatic rings. The molecule has 28 heavy (non-hydrogen) atoms. The van der Waals surface area contributed by atoms with Crippen LogP contribution in [0.3, 0.4) is 0 Å². The van der Waals surface area contributed by atoms with E-state index in [1.807, 2.05) is 30.3 Å². The van der Waals surface area contributed by atoms with E-state index in [0.717, 1.165) is 11.6 Å². The third-order valence-electron chi connectivity index (χ3n) is 4.67. The summed E-state index contributed by atoms with van der Waals surface area (Å²) in [6.45, 7) is 1.78. The summed E-state index contributed by atoms with van der Waals surface area (Å²) in [7, 11) is 0. The molecule has 1 amide bonds. The van der Waals surface area contributed by atoms with Gasteiger partial charge in [-0.1, -0.05) is 41.7 Å². The Kier molecular flexibility index (Phi) is 3.63. The van der Waals surface area contributed by atoms with Crippen LogP contribution in [0, 0.1) is 12.7 Å². The minimum absolute atomic E-state index is 0.0502. The number of amides is 1. The fraction of sp³-hybridized carbons (Fsp3) is 0.100. The summed E-state index contributed by atoms with van der Waals surface area (Å²) in [5.41, 5.74) is 0.648. The van der Waals surface area contributed by atoms with Crippen molar-refractivity contribution in [1.82, 2.24) is 10.2 Å². The maximum Gasteiger partial charge on any atom is 0.297 e. The molecule has 0 aliphatic carbocycles. The first-order valence-corrected chi connectivity index (χ1v) is 9.31. The first-order chi connectivity index (χ1) is 13.5. The zero-order valence-electron chi connectivity index (χ0n) is 14.5. The van der Waals surface area contributed by atoms with E-state index in [1.165, 1.54) is 28.4 Å².